The van der Waals surface area contributed by atoms with Gasteiger partial charge in [0.1, 0.15) is 17.2 Å². The van der Waals surface area contributed by atoms with E-state index in [9.17, 15) is 14.7 Å². The highest BCUT2D eigenvalue weighted by atomic mass is 16.5. The van der Waals surface area contributed by atoms with Crippen molar-refractivity contribution >= 4 is 11.8 Å². The molecule has 3 aromatic carbocycles. The van der Waals surface area contributed by atoms with E-state index in [0.29, 0.717) is 67.9 Å². The summed E-state index contributed by atoms with van der Waals surface area (Å²) in [7, 11) is 1.58. The van der Waals surface area contributed by atoms with E-state index in [1.807, 2.05) is 41.3 Å². The van der Waals surface area contributed by atoms with Gasteiger partial charge in [0, 0.05) is 19.5 Å². The van der Waals surface area contributed by atoms with Gasteiger partial charge in [-0.1, -0.05) is 12.1 Å². The number of carbonyl (C=O) groups is 2. The molecule has 1 aliphatic carbocycles. The molecular weight excluding hydrogens is 496 g/mol. The zero-order chi connectivity index (χ0) is 26.9. The van der Waals surface area contributed by atoms with E-state index in [0.717, 1.165) is 29.5 Å². The second-order valence-corrected chi connectivity index (χ2v) is 10.4. The van der Waals surface area contributed by atoms with Gasteiger partial charge in [-0.15, -0.1) is 0 Å². The second-order valence-electron chi connectivity index (χ2n) is 10.4. The third-order valence-electron chi connectivity index (χ3n) is 7.62. The number of fused-ring (bicyclic) bond motifs is 6. The largest absolute Gasteiger partial charge is 0.507 e. The molecule has 8 bridgehead atoms. The Morgan fingerprint density at radius 3 is 2.82 bits per heavy atom. The van der Waals surface area contributed by atoms with Gasteiger partial charge in [0.15, 0.2) is 11.5 Å². The van der Waals surface area contributed by atoms with E-state index in [-0.39, 0.29) is 23.3 Å². The summed E-state index contributed by atoms with van der Waals surface area (Å²) < 4.78 is 18.0. The molecule has 0 aromatic heterocycles. The number of ether oxygens (including phenoxy) is 3. The molecule has 202 valence electrons. The number of nitrogens with zero attached hydrogens (tertiary/aromatic N) is 1. The lowest BCUT2D eigenvalue weighted by molar-refractivity contribution is -0.133. The highest BCUT2D eigenvalue weighted by Gasteiger charge is 2.36. The average Bonchev–Trinajstić information content (AvgIpc) is 3.76. The molecule has 0 radical (unpaired) electrons. The number of carbonyl (C=O) groups excluding carboxylic acids is 2. The highest BCUT2D eigenvalue weighted by molar-refractivity contribution is 5.97. The monoisotopic (exact) mass is 528 g/mol. The predicted octanol–water partition coefficient (Wildman–Crippen LogP) is 4.98. The molecule has 2 amide bonds. The number of phenols is 1. The Labute approximate surface area is 227 Å². The molecule has 4 aliphatic rings. The third-order valence-corrected chi connectivity index (χ3v) is 7.62. The molecule has 0 saturated heterocycles. The highest BCUT2D eigenvalue weighted by Crippen LogP contribution is 2.44. The van der Waals surface area contributed by atoms with E-state index in [1.54, 1.807) is 13.2 Å². The third kappa shape index (κ3) is 5.24. The van der Waals surface area contributed by atoms with Crippen molar-refractivity contribution in [2.24, 2.45) is 5.92 Å². The van der Waals surface area contributed by atoms with Gasteiger partial charge >= 0.3 is 0 Å². The average molecular weight is 529 g/mol. The molecule has 1 fully saturated rings. The van der Waals surface area contributed by atoms with Crippen LogP contribution in [0.3, 0.4) is 0 Å². The Bertz CT molecular complexity index is 1420. The summed E-state index contributed by atoms with van der Waals surface area (Å²) in [5, 5.41) is 13.1. The van der Waals surface area contributed by atoms with Gasteiger partial charge in [-0.05, 0) is 90.8 Å². The molecule has 1 atom stereocenters. The summed E-state index contributed by atoms with van der Waals surface area (Å²) >= 11 is 0. The maximum absolute atomic E-state index is 13.5. The SMILES string of the molecule is COc1cc2c3cc1Oc1ccc(O)c(c1)C(=O)NCCCOc1cccc(c1)C2N(C(=O)CC1CC1)CC3. The summed E-state index contributed by atoms with van der Waals surface area (Å²) in [6.07, 6.45) is 4.10. The molecule has 1 saturated carbocycles. The van der Waals surface area contributed by atoms with Gasteiger partial charge in [-0.2, -0.15) is 0 Å². The summed E-state index contributed by atoms with van der Waals surface area (Å²) in [6.45, 7) is 1.39. The molecule has 3 aliphatic heterocycles. The van der Waals surface area contributed by atoms with Gasteiger partial charge in [0.25, 0.3) is 5.91 Å². The van der Waals surface area contributed by atoms with E-state index in [4.69, 9.17) is 14.2 Å². The lowest BCUT2D eigenvalue weighted by Gasteiger charge is -2.38. The quantitative estimate of drug-likeness (QED) is 0.498. The number of methoxy groups -OCH3 is 1. The van der Waals surface area contributed by atoms with Crippen LogP contribution in [-0.4, -0.2) is 48.6 Å². The molecule has 3 heterocycles. The standard InChI is InChI=1S/C31H32N2O6/c1-37-27-18-24-20-10-12-33(29(35)14-19-6-7-19)30(24)21-4-2-5-22(15-21)38-13-3-11-32-31(36)25-17-23(8-9-26(25)34)39-28(27)16-20/h2,4-5,8-9,15-19,30,34H,3,6-7,10-14H2,1H3,(H,32,36). The van der Waals surface area contributed by atoms with Gasteiger partial charge in [-0.3, -0.25) is 9.59 Å². The van der Waals surface area contributed by atoms with E-state index in [2.05, 4.69) is 5.32 Å². The molecule has 7 rings (SSSR count). The van der Waals surface area contributed by atoms with Crippen LogP contribution in [0.15, 0.2) is 54.6 Å². The topological polar surface area (TPSA) is 97.3 Å². The summed E-state index contributed by atoms with van der Waals surface area (Å²) in [4.78, 5) is 28.2. The van der Waals surface area contributed by atoms with Crippen molar-refractivity contribution in [1.82, 2.24) is 10.2 Å². The molecule has 3 aromatic rings. The minimum atomic E-state index is -0.391. The van der Waals surface area contributed by atoms with Crippen LogP contribution in [0.1, 0.15) is 58.8 Å². The minimum Gasteiger partial charge on any atom is -0.507 e. The number of hydrogen-bond donors (Lipinski definition) is 2. The lowest BCUT2D eigenvalue weighted by atomic mass is 9.87. The van der Waals surface area contributed by atoms with Gasteiger partial charge in [0.05, 0.1) is 25.3 Å². The van der Waals surface area contributed by atoms with Crippen molar-refractivity contribution in [3.05, 3.63) is 76.9 Å². The lowest BCUT2D eigenvalue weighted by Crippen LogP contribution is -2.40. The van der Waals surface area contributed by atoms with Crippen LogP contribution in [0, 0.1) is 5.92 Å². The van der Waals surface area contributed by atoms with Crippen molar-refractivity contribution in [2.75, 3.05) is 26.8 Å². The van der Waals surface area contributed by atoms with Gasteiger partial charge < -0.3 is 29.5 Å². The van der Waals surface area contributed by atoms with Crippen LogP contribution in [0.25, 0.3) is 0 Å². The normalized spacial score (nSPS) is 18.7. The van der Waals surface area contributed by atoms with E-state index >= 15 is 0 Å². The zero-order valence-electron chi connectivity index (χ0n) is 21.9. The maximum atomic E-state index is 13.5. The van der Waals surface area contributed by atoms with Gasteiger partial charge in [0.2, 0.25) is 5.91 Å². The zero-order valence-corrected chi connectivity index (χ0v) is 21.9. The fourth-order valence-electron chi connectivity index (χ4n) is 5.40. The number of hydrogen-bond acceptors (Lipinski definition) is 6. The van der Waals surface area contributed by atoms with Crippen molar-refractivity contribution in [3.8, 4) is 28.7 Å². The smallest absolute Gasteiger partial charge is 0.255 e. The fraction of sp³-hybridized carbons (Fsp3) is 0.355. The molecule has 0 spiro atoms. The second kappa shape index (κ2) is 10.5. The maximum Gasteiger partial charge on any atom is 0.255 e. The van der Waals surface area contributed by atoms with Crippen LogP contribution < -0.4 is 19.5 Å². The Morgan fingerprint density at radius 2 is 2.00 bits per heavy atom. The first kappa shape index (κ1) is 25.1. The fourth-order valence-corrected chi connectivity index (χ4v) is 5.40. The number of nitrogens with one attached hydrogen (secondary N) is 1. The minimum absolute atomic E-state index is 0.126. The first-order valence-electron chi connectivity index (χ1n) is 13.5. The number of phenolic OH excluding ortho intramolecular Hbond substituents is 1. The van der Waals surface area contributed by atoms with Crippen LogP contribution in [0.5, 0.6) is 28.7 Å². The van der Waals surface area contributed by atoms with Crippen LogP contribution in [0.4, 0.5) is 0 Å². The number of benzene rings is 3. The number of amides is 2. The van der Waals surface area contributed by atoms with Crippen molar-refractivity contribution in [3.63, 3.8) is 0 Å². The molecule has 2 N–H and O–H groups in total. The Kier molecular flexibility index (Phi) is 6.77. The van der Waals surface area contributed by atoms with Crippen molar-refractivity contribution in [2.45, 2.75) is 38.1 Å². The van der Waals surface area contributed by atoms with Crippen LogP contribution in [0.2, 0.25) is 0 Å². The molecule has 8 nitrogen and oxygen atoms in total. The Hall–Kier alpha value is -4.20. The van der Waals surface area contributed by atoms with E-state index < -0.39 is 5.91 Å². The summed E-state index contributed by atoms with van der Waals surface area (Å²) in [5.41, 5.74) is 3.17. The first-order valence-corrected chi connectivity index (χ1v) is 13.5. The van der Waals surface area contributed by atoms with E-state index in [1.165, 1.54) is 12.1 Å². The van der Waals surface area contributed by atoms with Crippen LogP contribution >= 0.6 is 0 Å². The first-order chi connectivity index (χ1) is 19.0. The molecule has 8 heteroatoms. The molecule has 1 unspecified atom stereocenters. The Morgan fingerprint density at radius 1 is 1.13 bits per heavy atom. The predicted molar refractivity (Wildman–Crippen MR) is 145 cm³/mol. The Balaban J connectivity index is 1.46. The molecule has 39 heavy (non-hydrogen) atoms. The van der Waals surface area contributed by atoms with Gasteiger partial charge in [-0.25, -0.2) is 0 Å². The molecular formula is C31H32N2O6. The summed E-state index contributed by atoms with van der Waals surface area (Å²) in [6, 6.07) is 16.1. The van der Waals surface area contributed by atoms with Crippen molar-refractivity contribution in [1.29, 1.82) is 0 Å². The number of rotatable bonds is 3. The van der Waals surface area contributed by atoms with Crippen LogP contribution in [-0.2, 0) is 11.2 Å². The van der Waals surface area contributed by atoms with Crippen molar-refractivity contribution < 1.29 is 28.9 Å². The number of aromatic hydroxyl groups is 1. The summed E-state index contributed by atoms with van der Waals surface area (Å²) in [5.74, 6) is 2.28.